The van der Waals surface area contributed by atoms with Crippen molar-refractivity contribution in [2.24, 2.45) is 0 Å². The number of hydrogen-bond acceptors (Lipinski definition) is 8. The predicted octanol–water partition coefficient (Wildman–Crippen LogP) is 5.08. The second-order valence-electron chi connectivity index (χ2n) is 12.7. The molecular formula is C30H39N7O4. The highest BCUT2D eigenvalue weighted by atomic mass is 16.6. The summed E-state index contributed by atoms with van der Waals surface area (Å²) in [7, 11) is 0. The molecule has 0 aliphatic carbocycles. The van der Waals surface area contributed by atoms with Gasteiger partial charge in [0.1, 0.15) is 17.5 Å². The molecule has 3 aromatic rings. The smallest absolute Gasteiger partial charge is 0.410 e. The maximum Gasteiger partial charge on any atom is 0.410 e. The van der Waals surface area contributed by atoms with Crippen molar-refractivity contribution in [2.45, 2.75) is 96.1 Å². The Balaban J connectivity index is 1.13. The van der Waals surface area contributed by atoms with Gasteiger partial charge in [0.2, 0.25) is 0 Å². The summed E-state index contributed by atoms with van der Waals surface area (Å²) in [5.41, 5.74) is 3.27. The molecule has 0 spiro atoms. The van der Waals surface area contributed by atoms with E-state index >= 15 is 0 Å². The Morgan fingerprint density at radius 3 is 2.37 bits per heavy atom. The number of nitrogens with one attached hydrogen (secondary N) is 1. The van der Waals surface area contributed by atoms with Gasteiger partial charge in [-0.25, -0.2) is 14.6 Å². The van der Waals surface area contributed by atoms with E-state index in [0.29, 0.717) is 13.1 Å². The van der Waals surface area contributed by atoms with Gasteiger partial charge in [-0.3, -0.25) is 4.98 Å². The lowest BCUT2D eigenvalue weighted by Gasteiger charge is -2.42. The van der Waals surface area contributed by atoms with Crippen molar-refractivity contribution in [3.05, 3.63) is 42.4 Å². The molecule has 3 fully saturated rings. The Morgan fingerprint density at radius 1 is 1.05 bits per heavy atom. The molecule has 6 rings (SSSR count). The van der Waals surface area contributed by atoms with Gasteiger partial charge in [-0.1, -0.05) is 13.8 Å². The van der Waals surface area contributed by atoms with Crippen LogP contribution in [-0.2, 0) is 9.47 Å². The van der Waals surface area contributed by atoms with E-state index in [0.717, 1.165) is 54.0 Å². The first kappa shape index (κ1) is 27.3. The van der Waals surface area contributed by atoms with Gasteiger partial charge >= 0.3 is 12.2 Å². The second kappa shape index (κ2) is 10.5. The normalized spacial score (nSPS) is 22.6. The second-order valence-corrected chi connectivity index (χ2v) is 12.7. The van der Waals surface area contributed by atoms with Crippen LogP contribution >= 0.6 is 0 Å². The monoisotopic (exact) mass is 561 g/mol. The molecule has 0 saturated carbocycles. The first-order valence-electron chi connectivity index (χ1n) is 14.6. The summed E-state index contributed by atoms with van der Waals surface area (Å²) in [4.78, 5) is 38.0. The summed E-state index contributed by atoms with van der Waals surface area (Å²) in [6, 6.07) is 6.39. The lowest BCUT2D eigenvalue weighted by Crippen LogP contribution is -2.58. The van der Waals surface area contributed by atoms with Crippen molar-refractivity contribution < 1.29 is 19.1 Å². The average molecular weight is 562 g/mol. The van der Waals surface area contributed by atoms with E-state index < -0.39 is 5.60 Å². The molecule has 3 aliphatic heterocycles. The fourth-order valence-corrected chi connectivity index (χ4v) is 6.15. The zero-order valence-corrected chi connectivity index (χ0v) is 24.4. The number of amides is 2. The van der Waals surface area contributed by atoms with Crippen LogP contribution in [0, 0.1) is 0 Å². The Morgan fingerprint density at radius 2 is 1.73 bits per heavy atom. The molecule has 41 heavy (non-hydrogen) atoms. The molecule has 3 aromatic heterocycles. The molecular weight excluding hydrogens is 522 g/mol. The summed E-state index contributed by atoms with van der Waals surface area (Å²) in [6.45, 7) is 10.6. The summed E-state index contributed by atoms with van der Waals surface area (Å²) >= 11 is 0. The van der Waals surface area contributed by atoms with E-state index in [1.54, 1.807) is 17.3 Å². The van der Waals surface area contributed by atoms with Crippen molar-refractivity contribution in [3.8, 4) is 11.3 Å². The number of piperidine rings is 1. The Labute approximate surface area is 240 Å². The lowest BCUT2D eigenvalue weighted by molar-refractivity contribution is -0.0485. The van der Waals surface area contributed by atoms with Crippen LogP contribution in [0.5, 0.6) is 0 Å². The van der Waals surface area contributed by atoms with Gasteiger partial charge in [0.15, 0.2) is 5.65 Å². The fraction of sp³-hybridized carbons (Fsp3) is 0.567. The number of fused-ring (bicyclic) bond motifs is 3. The molecule has 6 heterocycles. The van der Waals surface area contributed by atoms with E-state index in [2.05, 4.69) is 35.3 Å². The maximum atomic E-state index is 13.2. The van der Waals surface area contributed by atoms with Gasteiger partial charge in [-0.15, -0.1) is 0 Å². The quantitative estimate of drug-likeness (QED) is 0.459. The van der Waals surface area contributed by atoms with Crippen LogP contribution < -0.4 is 5.32 Å². The average Bonchev–Trinajstić information content (AvgIpc) is 3.44. The first-order chi connectivity index (χ1) is 19.6. The fourth-order valence-electron chi connectivity index (χ4n) is 6.15. The van der Waals surface area contributed by atoms with E-state index in [1.165, 1.54) is 0 Å². The summed E-state index contributed by atoms with van der Waals surface area (Å²) in [5, 5.41) is 8.44. The molecule has 2 unspecified atom stereocenters. The number of carbonyl (C=O) groups excluding carboxylic acids is 2. The highest BCUT2D eigenvalue weighted by Crippen LogP contribution is 2.38. The van der Waals surface area contributed by atoms with E-state index in [1.807, 2.05) is 48.5 Å². The molecule has 3 aliphatic rings. The number of anilines is 1. The molecule has 0 radical (unpaired) electrons. The van der Waals surface area contributed by atoms with E-state index in [4.69, 9.17) is 14.5 Å². The topological polar surface area (TPSA) is 114 Å². The molecule has 11 nitrogen and oxygen atoms in total. The number of carbonyl (C=O) groups is 2. The third kappa shape index (κ3) is 5.54. The first-order valence-corrected chi connectivity index (χ1v) is 14.6. The SMILES string of the molecule is CC(C)c1cnn2c(NC3CC4CCC(C3)N4C(=O)OC3CN(C(=O)OC(C)(C)C)C3)cc(-c3ccncc3)nc12. The predicted molar refractivity (Wildman–Crippen MR) is 154 cm³/mol. The van der Waals surface area contributed by atoms with Crippen LogP contribution in [0.2, 0.25) is 0 Å². The molecule has 2 atom stereocenters. The van der Waals surface area contributed by atoms with E-state index in [9.17, 15) is 9.59 Å². The van der Waals surface area contributed by atoms with Crippen molar-refractivity contribution >= 4 is 23.7 Å². The molecule has 2 bridgehead atoms. The number of aromatic nitrogens is 4. The van der Waals surface area contributed by atoms with Crippen molar-refractivity contribution in [2.75, 3.05) is 18.4 Å². The van der Waals surface area contributed by atoms with Gasteiger partial charge in [-0.05, 0) is 64.5 Å². The van der Waals surface area contributed by atoms with Gasteiger partial charge in [-0.2, -0.15) is 9.61 Å². The highest BCUT2D eigenvalue weighted by molar-refractivity contribution is 5.72. The minimum Gasteiger partial charge on any atom is -0.444 e. The van der Waals surface area contributed by atoms with Crippen LogP contribution in [0.4, 0.5) is 15.4 Å². The summed E-state index contributed by atoms with van der Waals surface area (Å²) < 4.78 is 13.1. The Bertz CT molecular complexity index is 1410. The van der Waals surface area contributed by atoms with Gasteiger partial charge in [0.05, 0.1) is 25.0 Å². The molecule has 2 amide bonds. The van der Waals surface area contributed by atoms with Crippen LogP contribution in [-0.4, -0.2) is 84.5 Å². The van der Waals surface area contributed by atoms with Crippen LogP contribution in [0.25, 0.3) is 16.9 Å². The number of ether oxygens (including phenoxy) is 2. The Kier molecular flexibility index (Phi) is 6.99. The maximum absolute atomic E-state index is 13.2. The largest absolute Gasteiger partial charge is 0.444 e. The third-order valence-corrected chi connectivity index (χ3v) is 8.16. The number of likely N-dealkylation sites (tertiary alicyclic amines) is 1. The number of hydrogen-bond donors (Lipinski definition) is 1. The van der Waals surface area contributed by atoms with Crippen LogP contribution in [0.3, 0.4) is 0 Å². The third-order valence-electron chi connectivity index (χ3n) is 8.16. The standard InChI is InChI=1S/C30H39N7O4/c1-18(2)24-15-32-37-26(14-25(34-27(24)37)19-8-10-31-11-9-19)33-20-12-21-6-7-22(13-20)36(21)29(39)40-23-16-35(17-23)28(38)41-30(3,4)5/h8-11,14-15,18,20-23,33H,6-7,12-13,16-17H2,1-5H3. The zero-order valence-electron chi connectivity index (χ0n) is 24.4. The minimum atomic E-state index is -0.548. The van der Waals surface area contributed by atoms with Crippen molar-refractivity contribution in [1.82, 2.24) is 29.4 Å². The number of rotatable bonds is 5. The molecule has 11 heteroatoms. The summed E-state index contributed by atoms with van der Waals surface area (Å²) in [5.74, 6) is 1.18. The van der Waals surface area contributed by atoms with Crippen molar-refractivity contribution in [3.63, 3.8) is 0 Å². The molecule has 1 N–H and O–H groups in total. The van der Waals surface area contributed by atoms with Crippen molar-refractivity contribution in [1.29, 1.82) is 0 Å². The van der Waals surface area contributed by atoms with Crippen LogP contribution in [0.1, 0.15) is 71.8 Å². The lowest BCUT2D eigenvalue weighted by atomic mass is 9.97. The molecule has 0 aromatic carbocycles. The highest BCUT2D eigenvalue weighted by Gasteiger charge is 2.46. The van der Waals surface area contributed by atoms with Crippen LogP contribution in [0.15, 0.2) is 36.8 Å². The minimum absolute atomic E-state index is 0.113. The summed E-state index contributed by atoms with van der Waals surface area (Å²) in [6.07, 6.45) is 8.09. The van der Waals surface area contributed by atoms with E-state index in [-0.39, 0.29) is 42.3 Å². The van der Waals surface area contributed by atoms with Gasteiger partial charge < -0.3 is 24.6 Å². The van der Waals surface area contributed by atoms with Gasteiger partial charge in [0, 0.05) is 47.7 Å². The number of pyridine rings is 1. The zero-order chi connectivity index (χ0) is 28.9. The molecule has 218 valence electrons. The molecule has 3 saturated heterocycles. The van der Waals surface area contributed by atoms with Gasteiger partial charge in [0.25, 0.3) is 0 Å². The number of nitrogens with zero attached hydrogens (tertiary/aromatic N) is 6. The Hall–Kier alpha value is -3.89.